The fourth-order valence-corrected chi connectivity index (χ4v) is 2.62. The van der Waals surface area contributed by atoms with Crippen molar-refractivity contribution in [2.24, 2.45) is 5.73 Å². The maximum absolute atomic E-state index is 11.3. The van der Waals surface area contributed by atoms with Gasteiger partial charge in [-0.15, -0.1) is 23.7 Å². The van der Waals surface area contributed by atoms with Crippen LogP contribution in [0.1, 0.15) is 11.9 Å². The summed E-state index contributed by atoms with van der Waals surface area (Å²) in [6.45, 7) is 2.21. The van der Waals surface area contributed by atoms with E-state index in [0.29, 0.717) is 18.0 Å². The van der Waals surface area contributed by atoms with Crippen molar-refractivity contribution in [3.8, 4) is 0 Å². The van der Waals surface area contributed by atoms with Gasteiger partial charge in [-0.05, 0) is 25.1 Å². The van der Waals surface area contributed by atoms with E-state index in [4.69, 9.17) is 17.3 Å². The Balaban J connectivity index is 0.00000180. The van der Waals surface area contributed by atoms with Gasteiger partial charge in [0.2, 0.25) is 5.91 Å². The Morgan fingerprint density at radius 1 is 1.58 bits per heavy atom. The Bertz CT molecular complexity index is 571. The van der Waals surface area contributed by atoms with Gasteiger partial charge in [-0.1, -0.05) is 11.6 Å². The third-order valence-electron chi connectivity index (χ3n) is 2.45. The second-order valence-electron chi connectivity index (χ2n) is 4.05. The van der Waals surface area contributed by atoms with Crippen LogP contribution in [0.2, 0.25) is 5.02 Å². The van der Waals surface area contributed by atoms with Gasteiger partial charge in [-0.3, -0.25) is 4.79 Å². The van der Waals surface area contributed by atoms with Crippen LogP contribution < -0.4 is 11.1 Å². The minimum absolute atomic E-state index is 0. The molecule has 0 saturated heterocycles. The molecule has 1 atom stereocenters. The molecule has 3 N–H and O–H groups in total. The highest BCUT2D eigenvalue weighted by molar-refractivity contribution is 7.18. The Morgan fingerprint density at radius 3 is 3.00 bits per heavy atom. The number of fused-ring (bicyclic) bond motifs is 1. The van der Waals surface area contributed by atoms with Crippen molar-refractivity contribution in [1.29, 1.82) is 0 Å². The Morgan fingerprint density at radius 2 is 2.32 bits per heavy atom. The number of amides is 1. The number of carbonyl (C=O) groups is 1. The average molecular weight is 320 g/mol. The number of rotatable bonds is 4. The van der Waals surface area contributed by atoms with Crippen LogP contribution in [-0.4, -0.2) is 23.5 Å². The van der Waals surface area contributed by atoms with Crippen molar-refractivity contribution in [2.45, 2.75) is 19.4 Å². The van der Waals surface area contributed by atoms with Crippen molar-refractivity contribution in [1.82, 2.24) is 10.3 Å². The minimum atomic E-state index is -0.473. The summed E-state index contributed by atoms with van der Waals surface area (Å²) in [4.78, 5) is 15.7. The summed E-state index contributed by atoms with van der Waals surface area (Å²) in [6.07, 6.45) is 0.704. The molecule has 104 valence electrons. The van der Waals surface area contributed by atoms with Gasteiger partial charge in [0.1, 0.15) is 0 Å². The van der Waals surface area contributed by atoms with E-state index in [-0.39, 0.29) is 18.3 Å². The first-order valence-electron chi connectivity index (χ1n) is 5.64. The second kappa shape index (κ2) is 7.05. The van der Waals surface area contributed by atoms with Crippen LogP contribution in [0.5, 0.6) is 0 Å². The summed E-state index contributed by atoms with van der Waals surface area (Å²) in [7, 11) is 0. The highest BCUT2D eigenvalue weighted by Crippen LogP contribution is 2.24. The molecule has 1 heterocycles. The standard InChI is InChI=1S/C12H14ClN3OS.ClH/c1-7(14)12(17)15-5-4-11-16-9-6-8(13)2-3-10(9)18-11;/h2-3,6-7H,4-5,14H2,1H3,(H,15,17);1H/t7-;/m1./s1. The van der Waals surface area contributed by atoms with Crippen molar-refractivity contribution in [3.63, 3.8) is 0 Å². The minimum Gasteiger partial charge on any atom is -0.354 e. The Labute approximate surface area is 126 Å². The quantitative estimate of drug-likeness (QED) is 0.909. The SMILES string of the molecule is C[C@@H](N)C(=O)NCCc1nc2cc(Cl)ccc2s1.Cl. The van der Waals surface area contributed by atoms with Crippen molar-refractivity contribution < 1.29 is 4.79 Å². The van der Waals surface area contributed by atoms with E-state index in [1.54, 1.807) is 18.3 Å². The third-order valence-corrected chi connectivity index (χ3v) is 3.78. The average Bonchev–Trinajstić information content (AvgIpc) is 2.70. The molecule has 1 amide bonds. The van der Waals surface area contributed by atoms with E-state index < -0.39 is 6.04 Å². The smallest absolute Gasteiger partial charge is 0.236 e. The van der Waals surface area contributed by atoms with Gasteiger partial charge in [0.05, 0.1) is 21.3 Å². The van der Waals surface area contributed by atoms with Crippen LogP contribution in [0.15, 0.2) is 18.2 Å². The molecular weight excluding hydrogens is 305 g/mol. The van der Waals surface area contributed by atoms with E-state index >= 15 is 0 Å². The lowest BCUT2D eigenvalue weighted by Gasteiger charge is -2.05. The molecule has 4 nitrogen and oxygen atoms in total. The van der Waals surface area contributed by atoms with Gasteiger partial charge in [-0.2, -0.15) is 0 Å². The Kier molecular flexibility index (Phi) is 6.00. The maximum Gasteiger partial charge on any atom is 0.236 e. The first-order chi connectivity index (χ1) is 8.56. The number of carbonyl (C=O) groups excluding carboxylic acids is 1. The highest BCUT2D eigenvalue weighted by Gasteiger charge is 2.08. The summed E-state index contributed by atoms with van der Waals surface area (Å²) in [5.74, 6) is -0.140. The molecule has 2 rings (SSSR count). The van der Waals surface area contributed by atoms with Crippen LogP contribution in [0.25, 0.3) is 10.2 Å². The number of nitrogens with two attached hydrogens (primary N) is 1. The highest BCUT2D eigenvalue weighted by atomic mass is 35.5. The predicted molar refractivity (Wildman–Crippen MR) is 82.2 cm³/mol. The topological polar surface area (TPSA) is 68.0 Å². The third kappa shape index (κ3) is 4.31. The molecule has 19 heavy (non-hydrogen) atoms. The number of nitrogens with zero attached hydrogens (tertiary/aromatic N) is 1. The Hall–Kier alpha value is -0.880. The first kappa shape index (κ1) is 16.2. The molecule has 1 aromatic heterocycles. The van der Waals surface area contributed by atoms with Gasteiger partial charge in [0, 0.05) is 18.0 Å². The van der Waals surface area contributed by atoms with Crippen molar-refractivity contribution >= 4 is 51.5 Å². The fourth-order valence-electron chi connectivity index (χ4n) is 1.51. The van der Waals surface area contributed by atoms with Crippen molar-refractivity contribution in [2.75, 3.05) is 6.54 Å². The molecule has 0 spiro atoms. The van der Waals surface area contributed by atoms with Gasteiger partial charge in [-0.25, -0.2) is 4.98 Å². The lowest BCUT2D eigenvalue weighted by Crippen LogP contribution is -2.39. The fraction of sp³-hybridized carbons (Fsp3) is 0.333. The van der Waals surface area contributed by atoms with Crippen LogP contribution in [0, 0.1) is 0 Å². The van der Waals surface area contributed by atoms with Crippen LogP contribution >= 0.6 is 35.3 Å². The molecule has 0 unspecified atom stereocenters. The number of halogens is 2. The van der Waals surface area contributed by atoms with Crippen LogP contribution in [-0.2, 0) is 11.2 Å². The molecular formula is C12H15Cl2N3OS. The van der Waals surface area contributed by atoms with E-state index in [9.17, 15) is 4.79 Å². The van der Waals surface area contributed by atoms with Gasteiger partial charge in [0.25, 0.3) is 0 Å². The van der Waals surface area contributed by atoms with Crippen molar-refractivity contribution in [3.05, 3.63) is 28.2 Å². The molecule has 2 aromatic rings. The summed E-state index contributed by atoms with van der Waals surface area (Å²) in [5.41, 5.74) is 6.36. The second-order valence-corrected chi connectivity index (χ2v) is 5.60. The molecule has 0 aliphatic carbocycles. The molecule has 0 aliphatic rings. The zero-order valence-corrected chi connectivity index (χ0v) is 12.7. The van der Waals surface area contributed by atoms with E-state index in [2.05, 4.69) is 10.3 Å². The first-order valence-corrected chi connectivity index (χ1v) is 6.84. The van der Waals surface area contributed by atoms with E-state index in [1.165, 1.54) is 0 Å². The summed E-state index contributed by atoms with van der Waals surface area (Å²) < 4.78 is 1.10. The van der Waals surface area contributed by atoms with Gasteiger partial charge >= 0.3 is 0 Å². The van der Waals surface area contributed by atoms with E-state index in [1.807, 2.05) is 18.2 Å². The summed E-state index contributed by atoms with van der Waals surface area (Å²) >= 11 is 7.52. The summed E-state index contributed by atoms with van der Waals surface area (Å²) in [5, 5.41) is 4.43. The molecule has 0 aliphatic heterocycles. The van der Waals surface area contributed by atoms with Gasteiger partial charge in [0.15, 0.2) is 0 Å². The monoisotopic (exact) mass is 319 g/mol. The zero-order chi connectivity index (χ0) is 13.1. The lowest BCUT2D eigenvalue weighted by molar-refractivity contribution is -0.121. The zero-order valence-electron chi connectivity index (χ0n) is 10.4. The van der Waals surface area contributed by atoms with Crippen LogP contribution in [0.4, 0.5) is 0 Å². The molecule has 0 bridgehead atoms. The number of aromatic nitrogens is 1. The molecule has 0 saturated carbocycles. The molecule has 0 fully saturated rings. The normalized spacial score (nSPS) is 11.9. The summed E-state index contributed by atoms with van der Waals surface area (Å²) in [6, 6.07) is 5.18. The number of hydrogen-bond donors (Lipinski definition) is 2. The number of nitrogens with one attached hydrogen (secondary N) is 1. The number of thiazole rings is 1. The maximum atomic E-state index is 11.3. The number of hydrogen-bond acceptors (Lipinski definition) is 4. The molecule has 1 aromatic carbocycles. The molecule has 7 heteroatoms. The largest absolute Gasteiger partial charge is 0.354 e. The van der Waals surface area contributed by atoms with E-state index in [0.717, 1.165) is 15.2 Å². The predicted octanol–water partition coefficient (Wildman–Crippen LogP) is 2.38. The van der Waals surface area contributed by atoms with Crippen LogP contribution in [0.3, 0.4) is 0 Å². The number of benzene rings is 1. The van der Waals surface area contributed by atoms with Gasteiger partial charge < -0.3 is 11.1 Å². The lowest BCUT2D eigenvalue weighted by atomic mass is 10.3. The molecule has 0 radical (unpaired) electrons.